The normalized spacial score (nSPS) is 18.5. The molecule has 1 aliphatic heterocycles. The van der Waals surface area contributed by atoms with Gasteiger partial charge in [0.15, 0.2) is 11.6 Å². The Hall–Kier alpha value is -2.02. The Morgan fingerprint density at radius 1 is 1.35 bits per heavy atom. The Morgan fingerprint density at radius 2 is 2.13 bits per heavy atom. The van der Waals surface area contributed by atoms with E-state index in [9.17, 15) is 4.39 Å². The molecule has 2 aromatic rings. The third-order valence-electron chi connectivity index (χ3n) is 4.48. The quantitative estimate of drug-likeness (QED) is 0.867. The maximum absolute atomic E-state index is 14.7. The molecule has 3 heterocycles. The summed E-state index contributed by atoms with van der Waals surface area (Å²) in [6.07, 6.45) is 1.98. The van der Waals surface area contributed by atoms with Crippen LogP contribution < -0.4 is 4.90 Å². The predicted molar refractivity (Wildman–Crippen MR) is 85.0 cm³/mol. The lowest BCUT2D eigenvalue weighted by atomic mass is 10.0. The van der Waals surface area contributed by atoms with E-state index in [1.165, 1.54) is 6.33 Å². The standard InChI is InChI=1S/C16H22FN5O/c1-5-12-15(17)16(19-9-18-12)22-6-7-23-8-13(22)14-10(2)20-21(4)11(14)3/h9,13H,5-8H2,1-4H3/t13-/m1/s1. The molecule has 6 nitrogen and oxygen atoms in total. The van der Waals surface area contributed by atoms with Gasteiger partial charge in [-0.25, -0.2) is 14.4 Å². The van der Waals surface area contributed by atoms with Gasteiger partial charge in [-0.2, -0.15) is 5.10 Å². The Kier molecular flexibility index (Phi) is 4.30. The summed E-state index contributed by atoms with van der Waals surface area (Å²) in [6.45, 7) is 7.54. The highest BCUT2D eigenvalue weighted by atomic mass is 19.1. The average Bonchev–Trinajstić information content (AvgIpc) is 2.80. The van der Waals surface area contributed by atoms with E-state index in [1.807, 2.05) is 37.4 Å². The highest BCUT2D eigenvalue weighted by Gasteiger charge is 2.32. The number of nitrogens with zero attached hydrogens (tertiary/aromatic N) is 5. The van der Waals surface area contributed by atoms with E-state index >= 15 is 0 Å². The lowest BCUT2D eigenvalue weighted by Crippen LogP contribution is -2.41. The second-order valence-corrected chi connectivity index (χ2v) is 5.80. The van der Waals surface area contributed by atoms with E-state index in [2.05, 4.69) is 15.1 Å². The highest BCUT2D eigenvalue weighted by molar-refractivity contribution is 5.46. The molecule has 0 aromatic carbocycles. The number of anilines is 1. The summed E-state index contributed by atoms with van der Waals surface area (Å²) in [5.41, 5.74) is 3.53. The van der Waals surface area contributed by atoms with Crippen LogP contribution in [0.2, 0.25) is 0 Å². The van der Waals surface area contributed by atoms with E-state index in [4.69, 9.17) is 4.74 Å². The fourth-order valence-corrected chi connectivity index (χ4v) is 3.21. The van der Waals surface area contributed by atoms with E-state index in [1.54, 1.807) is 0 Å². The maximum atomic E-state index is 14.7. The number of halogens is 1. The van der Waals surface area contributed by atoms with Crippen LogP contribution >= 0.6 is 0 Å². The third-order valence-corrected chi connectivity index (χ3v) is 4.48. The lowest BCUT2D eigenvalue weighted by Gasteiger charge is -2.37. The van der Waals surface area contributed by atoms with Crippen molar-refractivity contribution >= 4 is 5.82 Å². The van der Waals surface area contributed by atoms with Crippen molar-refractivity contribution in [2.45, 2.75) is 33.2 Å². The van der Waals surface area contributed by atoms with Gasteiger partial charge in [0.1, 0.15) is 6.33 Å². The summed E-state index contributed by atoms with van der Waals surface area (Å²) in [6, 6.07) is -0.0912. The Labute approximate surface area is 135 Å². The molecule has 0 spiro atoms. The van der Waals surface area contributed by atoms with Crippen molar-refractivity contribution in [3.05, 3.63) is 34.8 Å². The van der Waals surface area contributed by atoms with Crippen LogP contribution in [0.3, 0.4) is 0 Å². The first-order chi connectivity index (χ1) is 11.0. The molecule has 2 aromatic heterocycles. The monoisotopic (exact) mass is 319 g/mol. The molecule has 7 heteroatoms. The minimum absolute atomic E-state index is 0.0912. The largest absolute Gasteiger partial charge is 0.377 e. The molecule has 0 radical (unpaired) electrons. The van der Waals surface area contributed by atoms with Gasteiger partial charge >= 0.3 is 0 Å². The summed E-state index contributed by atoms with van der Waals surface area (Å²) in [7, 11) is 1.92. The minimum atomic E-state index is -0.332. The molecule has 1 saturated heterocycles. The SMILES string of the molecule is CCc1ncnc(N2CCOC[C@@H]2c2c(C)nn(C)c2C)c1F. The summed E-state index contributed by atoms with van der Waals surface area (Å²) >= 11 is 0. The van der Waals surface area contributed by atoms with Gasteiger partial charge in [0, 0.05) is 24.8 Å². The first kappa shape index (κ1) is 15.9. The number of aryl methyl sites for hydroxylation is 3. The Bertz CT molecular complexity index is 715. The van der Waals surface area contributed by atoms with Crippen LogP contribution in [0, 0.1) is 19.7 Å². The van der Waals surface area contributed by atoms with Crippen molar-refractivity contribution in [1.29, 1.82) is 0 Å². The maximum Gasteiger partial charge on any atom is 0.187 e. The van der Waals surface area contributed by atoms with E-state index in [0.29, 0.717) is 37.7 Å². The molecular formula is C16H22FN5O. The highest BCUT2D eigenvalue weighted by Crippen LogP contribution is 2.33. The van der Waals surface area contributed by atoms with Crippen LogP contribution in [-0.2, 0) is 18.2 Å². The van der Waals surface area contributed by atoms with Crippen molar-refractivity contribution in [3.63, 3.8) is 0 Å². The van der Waals surface area contributed by atoms with Crippen molar-refractivity contribution in [2.24, 2.45) is 7.05 Å². The van der Waals surface area contributed by atoms with Gasteiger partial charge in [0.25, 0.3) is 0 Å². The topological polar surface area (TPSA) is 56.1 Å². The zero-order valence-corrected chi connectivity index (χ0v) is 14.0. The van der Waals surface area contributed by atoms with Crippen molar-refractivity contribution in [2.75, 3.05) is 24.7 Å². The Morgan fingerprint density at radius 3 is 2.78 bits per heavy atom. The molecule has 0 amide bonds. The lowest BCUT2D eigenvalue weighted by molar-refractivity contribution is 0.0929. The first-order valence-electron chi connectivity index (χ1n) is 7.88. The van der Waals surface area contributed by atoms with Crippen LogP contribution in [-0.4, -0.2) is 39.5 Å². The van der Waals surface area contributed by atoms with Crippen LogP contribution in [0.5, 0.6) is 0 Å². The van der Waals surface area contributed by atoms with Crippen molar-refractivity contribution in [3.8, 4) is 0 Å². The van der Waals surface area contributed by atoms with Crippen LogP contribution in [0.4, 0.5) is 10.2 Å². The summed E-state index contributed by atoms with van der Waals surface area (Å²) in [5, 5.41) is 4.48. The minimum Gasteiger partial charge on any atom is -0.377 e. The van der Waals surface area contributed by atoms with Gasteiger partial charge in [-0.05, 0) is 20.3 Å². The van der Waals surface area contributed by atoms with Crippen molar-refractivity contribution < 1.29 is 9.13 Å². The van der Waals surface area contributed by atoms with Gasteiger partial charge in [0.05, 0.1) is 30.6 Å². The smallest absolute Gasteiger partial charge is 0.187 e. The van der Waals surface area contributed by atoms with Gasteiger partial charge in [-0.3, -0.25) is 4.68 Å². The van der Waals surface area contributed by atoms with Gasteiger partial charge in [0.2, 0.25) is 0 Å². The molecule has 1 aliphatic rings. The van der Waals surface area contributed by atoms with Gasteiger partial charge < -0.3 is 9.64 Å². The number of morpholine rings is 1. The molecule has 0 bridgehead atoms. The second-order valence-electron chi connectivity index (χ2n) is 5.80. The molecular weight excluding hydrogens is 297 g/mol. The predicted octanol–water partition coefficient (Wildman–Crippen LogP) is 2.11. The summed E-state index contributed by atoms with van der Waals surface area (Å²) in [4.78, 5) is 10.2. The van der Waals surface area contributed by atoms with Crippen LogP contribution in [0.1, 0.15) is 35.6 Å². The number of aromatic nitrogens is 4. The van der Waals surface area contributed by atoms with E-state index < -0.39 is 0 Å². The van der Waals surface area contributed by atoms with E-state index in [0.717, 1.165) is 17.0 Å². The second kappa shape index (κ2) is 6.23. The first-order valence-corrected chi connectivity index (χ1v) is 7.88. The molecule has 0 saturated carbocycles. The fourth-order valence-electron chi connectivity index (χ4n) is 3.21. The molecule has 0 N–H and O–H groups in total. The van der Waals surface area contributed by atoms with Crippen molar-refractivity contribution in [1.82, 2.24) is 19.7 Å². The van der Waals surface area contributed by atoms with E-state index in [-0.39, 0.29) is 11.9 Å². The zero-order chi connectivity index (χ0) is 16.6. The summed E-state index contributed by atoms with van der Waals surface area (Å²) < 4.78 is 22.2. The molecule has 1 fully saturated rings. The third kappa shape index (κ3) is 2.69. The number of hydrogen-bond donors (Lipinski definition) is 0. The molecule has 3 rings (SSSR count). The number of rotatable bonds is 3. The fraction of sp³-hybridized carbons (Fsp3) is 0.562. The molecule has 1 atom stereocenters. The molecule has 0 aliphatic carbocycles. The zero-order valence-electron chi connectivity index (χ0n) is 14.0. The number of hydrogen-bond acceptors (Lipinski definition) is 5. The number of ether oxygens (including phenoxy) is 1. The van der Waals surface area contributed by atoms with Gasteiger partial charge in [-0.15, -0.1) is 0 Å². The average molecular weight is 319 g/mol. The molecule has 0 unspecified atom stereocenters. The summed E-state index contributed by atoms with van der Waals surface area (Å²) in [5.74, 6) is 0.0221. The molecule has 23 heavy (non-hydrogen) atoms. The van der Waals surface area contributed by atoms with Crippen LogP contribution in [0.15, 0.2) is 6.33 Å². The molecule has 124 valence electrons. The van der Waals surface area contributed by atoms with Gasteiger partial charge in [-0.1, -0.05) is 6.92 Å². The Balaban J connectivity index is 2.06. The van der Waals surface area contributed by atoms with Crippen LogP contribution in [0.25, 0.3) is 0 Å².